The van der Waals surface area contributed by atoms with Gasteiger partial charge >= 0.3 is 5.97 Å². The molecule has 1 aromatic rings. The summed E-state index contributed by atoms with van der Waals surface area (Å²) in [5.74, 6) is -0.922. The lowest BCUT2D eigenvalue weighted by molar-refractivity contribution is -0.131. The van der Waals surface area contributed by atoms with Crippen LogP contribution in [-0.4, -0.2) is 16.9 Å². The van der Waals surface area contributed by atoms with Crippen LogP contribution in [0.5, 0.6) is 0 Å². The second kappa shape index (κ2) is 5.43. The third kappa shape index (κ3) is 3.95. The number of carboxylic acids is 1. The Morgan fingerprint density at radius 3 is 2.67 bits per heavy atom. The second-order valence-electron chi connectivity index (χ2n) is 2.59. The van der Waals surface area contributed by atoms with Gasteiger partial charge in [0, 0.05) is 5.56 Å². The quantitative estimate of drug-likeness (QED) is 0.252. The number of nitrogens with two attached hydrogens (primary N) is 1. The van der Waals surface area contributed by atoms with E-state index >= 15 is 0 Å². The molecule has 0 aliphatic heterocycles. The molecule has 0 bridgehead atoms. The van der Waals surface area contributed by atoms with Gasteiger partial charge in [-0.05, 0) is 0 Å². The first kappa shape index (κ1) is 10.8. The molecule has 0 saturated carbocycles. The fourth-order valence-electron chi connectivity index (χ4n) is 0.837. The SMILES string of the molecule is N/C(=N\O/C=C\C(=O)O)c1ccccc1. The monoisotopic (exact) mass is 206 g/mol. The van der Waals surface area contributed by atoms with Crippen molar-refractivity contribution in [3.63, 3.8) is 0 Å². The van der Waals surface area contributed by atoms with E-state index in [1.807, 2.05) is 18.2 Å². The summed E-state index contributed by atoms with van der Waals surface area (Å²) in [7, 11) is 0. The number of hydrogen-bond donors (Lipinski definition) is 2. The van der Waals surface area contributed by atoms with Gasteiger partial charge in [-0.3, -0.25) is 0 Å². The Morgan fingerprint density at radius 1 is 1.40 bits per heavy atom. The van der Waals surface area contributed by atoms with E-state index in [4.69, 9.17) is 10.8 Å². The number of carboxylic acid groups (broad SMARTS) is 1. The zero-order chi connectivity index (χ0) is 11.1. The van der Waals surface area contributed by atoms with Crippen LogP contribution in [-0.2, 0) is 9.63 Å². The molecule has 5 nitrogen and oxygen atoms in total. The maximum Gasteiger partial charge on any atom is 0.331 e. The zero-order valence-corrected chi connectivity index (χ0v) is 7.83. The highest BCUT2D eigenvalue weighted by Gasteiger charge is 1.95. The summed E-state index contributed by atoms with van der Waals surface area (Å²) in [5, 5.41) is 11.8. The smallest absolute Gasteiger partial charge is 0.331 e. The summed E-state index contributed by atoms with van der Waals surface area (Å²) in [6.45, 7) is 0. The van der Waals surface area contributed by atoms with Crippen molar-refractivity contribution in [1.82, 2.24) is 0 Å². The van der Waals surface area contributed by atoms with E-state index in [0.717, 1.165) is 12.3 Å². The molecule has 1 rings (SSSR count). The van der Waals surface area contributed by atoms with Crippen LogP contribution in [0, 0.1) is 0 Å². The number of oxime groups is 1. The molecule has 0 aliphatic rings. The van der Waals surface area contributed by atoms with Crippen molar-refractivity contribution in [2.45, 2.75) is 0 Å². The van der Waals surface area contributed by atoms with Crippen molar-refractivity contribution in [3.05, 3.63) is 48.2 Å². The van der Waals surface area contributed by atoms with E-state index in [9.17, 15) is 4.79 Å². The normalized spacial score (nSPS) is 11.6. The van der Waals surface area contributed by atoms with Crippen LogP contribution in [0.1, 0.15) is 5.56 Å². The van der Waals surface area contributed by atoms with Crippen molar-refractivity contribution in [3.8, 4) is 0 Å². The summed E-state index contributed by atoms with van der Waals surface area (Å²) in [6.07, 6.45) is 1.76. The molecule has 0 fully saturated rings. The molecule has 0 amide bonds. The Morgan fingerprint density at radius 2 is 2.07 bits per heavy atom. The lowest BCUT2D eigenvalue weighted by atomic mass is 10.2. The first-order valence-electron chi connectivity index (χ1n) is 4.14. The lowest BCUT2D eigenvalue weighted by Gasteiger charge is -1.97. The minimum atomic E-state index is -1.11. The van der Waals surface area contributed by atoms with Gasteiger partial charge in [-0.15, -0.1) is 0 Å². The van der Waals surface area contributed by atoms with E-state index in [0.29, 0.717) is 5.56 Å². The molecule has 3 N–H and O–H groups in total. The Hall–Kier alpha value is -2.30. The van der Waals surface area contributed by atoms with Gasteiger partial charge in [0.1, 0.15) is 6.26 Å². The molecular formula is C10H10N2O3. The van der Waals surface area contributed by atoms with E-state index in [1.165, 1.54) is 0 Å². The summed E-state index contributed by atoms with van der Waals surface area (Å²) < 4.78 is 0. The Kier molecular flexibility index (Phi) is 3.91. The maximum absolute atomic E-state index is 10.1. The van der Waals surface area contributed by atoms with Crippen LogP contribution in [0.2, 0.25) is 0 Å². The number of amidine groups is 1. The van der Waals surface area contributed by atoms with E-state index < -0.39 is 5.97 Å². The summed E-state index contributed by atoms with van der Waals surface area (Å²) in [6, 6.07) is 9.00. The summed E-state index contributed by atoms with van der Waals surface area (Å²) in [5.41, 5.74) is 6.27. The predicted octanol–water partition coefficient (Wildman–Crippen LogP) is 0.922. The molecule has 78 valence electrons. The van der Waals surface area contributed by atoms with Gasteiger partial charge < -0.3 is 15.7 Å². The van der Waals surface area contributed by atoms with Crippen LogP contribution in [0.25, 0.3) is 0 Å². The molecule has 15 heavy (non-hydrogen) atoms. The van der Waals surface area contributed by atoms with Crippen molar-refractivity contribution in [1.29, 1.82) is 0 Å². The van der Waals surface area contributed by atoms with E-state index in [1.54, 1.807) is 12.1 Å². The van der Waals surface area contributed by atoms with Gasteiger partial charge in [0.05, 0.1) is 6.08 Å². The van der Waals surface area contributed by atoms with Crippen molar-refractivity contribution in [2.75, 3.05) is 0 Å². The molecule has 0 heterocycles. The third-order valence-corrected chi connectivity index (χ3v) is 1.49. The number of benzene rings is 1. The maximum atomic E-state index is 10.1. The average molecular weight is 206 g/mol. The number of nitrogens with zero attached hydrogens (tertiary/aromatic N) is 1. The van der Waals surface area contributed by atoms with Gasteiger partial charge in [-0.25, -0.2) is 4.79 Å². The largest absolute Gasteiger partial charge is 0.478 e. The Labute approximate surface area is 86.5 Å². The van der Waals surface area contributed by atoms with Crippen molar-refractivity contribution >= 4 is 11.8 Å². The molecule has 0 spiro atoms. The second-order valence-corrected chi connectivity index (χ2v) is 2.59. The van der Waals surface area contributed by atoms with Gasteiger partial charge in [-0.2, -0.15) is 0 Å². The molecule has 0 atom stereocenters. The highest BCUT2D eigenvalue weighted by molar-refractivity contribution is 5.96. The molecule has 1 aromatic carbocycles. The summed E-state index contributed by atoms with van der Waals surface area (Å²) >= 11 is 0. The first-order valence-corrected chi connectivity index (χ1v) is 4.14. The Bertz CT molecular complexity index is 385. The van der Waals surface area contributed by atoms with Crippen LogP contribution < -0.4 is 5.73 Å². The van der Waals surface area contributed by atoms with Crippen LogP contribution >= 0.6 is 0 Å². The fraction of sp³-hybridized carbons (Fsp3) is 0. The zero-order valence-electron chi connectivity index (χ0n) is 7.83. The van der Waals surface area contributed by atoms with Crippen molar-refractivity contribution in [2.24, 2.45) is 10.9 Å². The number of aliphatic carboxylic acids is 1. The van der Waals surface area contributed by atoms with Gasteiger partial charge in [0.15, 0.2) is 5.84 Å². The highest BCUT2D eigenvalue weighted by Crippen LogP contribution is 1.97. The summed E-state index contributed by atoms with van der Waals surface area (Å²) in [4.78, 5) is 14.6. The molecule has 0 unspecified atom stereocenters. The number of carbonyl (C=O) groups is 1. The lowest BCUT2D eigenvalue weighted by Crippen LogP contribution is -2.12. The highest BCUT2D eigenvalue weighted by atomic mass is 16.6. The topological polar surface area (TPSA) is 84.9 Å². The molecule has 0 aromatic heterocycles. The Balaban J connectivity index is 2.58. The fourth-order valence-corrected chi connectivity index (χ4v) is 0.837. The molecule has 0 saturated heterocycles. The molecule has 0 radical (unpaired) electrons. The minimum absolute atomic E-state index is 0.186. The van der Waals surface area contributed by atoms with E-state index in [-0.39, 0.29) is 5.84 Å². The average Bonchev–Trinajstić information content (AvgIpc) is 2.25. The van der Waals surface area contributed by atoms with Crippen molar-refractivity contribution < 1.29 is 14.7 Å². The first-order chi connectivity index (χ1) is 7.20. The van der Waals surface area contributed by atoms with Crippen LogP contribution in [0.3, 0.4) is 0 Å². The molecule has 5 heteroatoms. The number of hydrogen-bond acceptors (Lipinski definition) is 3. The minimum Gasteiger partial charge on any atom is -0.478 e. The third-order valence-electron chi connectivity index (χ3n) is 1.49. The molecule has 0 aliphatic carbocycles. The van der Waals surface area contributed by atoms with Gasteiger partial charge in [0.2, 0.25) is 0 Å². The number of rotatable bonds is 4. The van der Waals surface area contributed by atoms with Gasteiger partial charge in [-0.1, -0.05) is 35.5 Å². The standard InChI is InChI=1S/C10H10N2O3/c11-10(8-4-2-1-3-5-8)12-15-7-6-9(13)14/h1-7H,(H2,11,12)(H,13,14)/b7-6-. The predicted molar refractivity (Wildman–Crippen MR) is 55.0 cm³/mol. The van der Waals surface area contributed by atoms with Crippen LogP contribution in [0.4, 0.5) is 0 Å². The van der Waals surface area contributed by atoms with Gasteiger partial charge in [0.25, 0.3) is 0 Å². The van der Waals surface area contributed by atoms with E-state index in [2.05, 4.69) is 9.99 Å². The molecular weight excluding hydrogens is 196 g/mol. The van der Waals surface area contributed by atoms with Crippen LogP contribution in [0.15, 0.2) is 47.8 Å².